The first-order valence-electron chi connectivity index (χ1n) is 6.04. The molecule has 100 valence electrons. The molecule has 0 bridgehead atoms. The fraction of sp³-hybridized carbons (Fsp3) is 0.571. The smallest absolute Gasteiger partial charge is 0.200 e. The highest BCUT2D eigenvalue weighted by atomic mass is 19.2. The predicted octanol–water partition coefficient (Wildman–Crippen LogP) is 3.50. The third-order valence-corrected chi connectivity index (χ3v) is 4.02. The summed E-state index contributed by atoms with van der Waals surface area (Å²) in [5.41, 5.74) is 0.412. The van der Waals surface area contributed by atoms with E-state index in [4.69, 9.17) is 9.47 Å². The van der Waals surface area contributed by atoms with Gasteiger partial charge in [-0.25, -0.2) is 4.39 Å². The summed E-state index contributed by atoms with van der Waals surface area (Å²) in [6.45, 7) is 6.56. The van der Waals surface area contributed by atoms with Gasteiger partial charge in [0.05, 0.1) is 19.3 Å². The largest absolute Gasteiger partial charge is 0.493 e. The van der Waals surface area contributed by atoms with Gasteiger partial charge in [-0.05, 0) is 25.8 Å². The van der Waals surface area contributed by atoms with Crippen LogP contribution in [-0.2, 0) is 4.74 Å². The van der Waals surface area contributed by atoms with Crippen LogP contribution in [0.1, 0.15) is 32.3 Å². The molecule has 1 fully saturated rings. The second kappa shape index (κ2) is 4.50. The lowest BCUT2D eigenvalue weighted by Crippen LogP contribution is -2.26. The number of hydrogen-bond acceptors (Lipinski definition) is 2. The quantitative estimate of drug-likeness (QED) is 0.806. The van der Waals surface area contributed by atoms with Gasteiger partial charge in [-0.3, -0.25) is 0 Å². The van der Waals surface area contributed by atoms with E-state index in [1.807, 2.05) is 13.8 Å². The Bertz CT molecular complexity index is 457. The summed E-state index contributed by atoms with van der Waals surface area (Å²) in [6, 6.07) is 2.73. The van der Waals surface area contributed by atoms with Gasteiger partial charge in [-0.2, -0.15) is 4.39 Å². The van der Waals surface area contributed by atoms with Crippen LogP contribution in [0.4, 0.5) is 8.78 Å². The Hall–Kier alpha value is -1.16. The van der Waals surface area contributed by atoms with Crippen LogP contribution in [0.2, 0.25) is 0 Å². The van der Waals surface area contributed by atoms with Crippen LogP contribution in [0, 0.1) is 17.6 Å². The maximum Gasteiger partial charge on any atom is 0.200 e. The summed E-state index contributed by atoms with van der Waals surface area (Å²) in [5, 5.41) is 0. The molecule has 2 rings (SSSR count). The zero-order chi connectivity index (χ0) is 13.5. The molecule has 0 amide bonds. The standard InChI is InChI=1S/C14H18F2O2/c1-8-10(7-18-14(8,2)3)9-5-6-11(15)12(16)13(9)17-4/h5-6,8,10H,7H2,1-4H3. The highest BCUT2D eigenvalue weighted by molar-refractivity contribution is 5.39. The second-order valence-corrected chi connectivity index (χ2v) is 5.29. The van der Waals surface area contributed by atoms with Crippen LogP contribution in [-0.4, -0.2) is 19.3 Å². The zero-order valence-corrected chi connectivity index (χ0v) is 11.1. The summed E-state index contributed by atoms with van der Waals surface area (Å²) in [6.07, 6.45) is 0. The number of methoxy groups -OCH3 is 1. The molecular formula is C14H18F2O2. The Balaban J connectivity index is 2.44. The molecule has 1 aromatic carbocycles. The first-order chi connectivity index (χ1) is 8.38. The van der Waals surface area contributed by atoms with E-state index < -0.39 is 11.6 Å². The minimum atomic E-state index is -0.924. The van der Waals surface area contributed by atoms with Crippen LogP contribution in [0.25, 0.3) is 0 Å². The van der Waals surface area contributed by atoms with Crippen LogP contribution >= 0.6 is 0 Å². The average Bonchev–Trinajstić information content (AvgIpc) is 2.58. The number of rotatable bonds is 2. The van der Waals surface area contributed by atoms with Crippen LogP contribution in [0.3, 0.4) is 0 Å². The molecular weight excluding hydrogens is 238 g/mol. The molecule has 1 heterocycles. The molecule has 1 aromatic rings. The van der Waals surface area contributed by atoms with Crippen molar-refractivity contribution in [1.82, 2.24) is 0 Å². The number of benzene rings is 1. The first kappa shape index (κ1) is 13.3. The lowest BCUT2D eigenvalue weighted by Gasteiger charge is -2.25. The predicted molar refractivity (Wildman–Crippen MR) is 64.8 cm³/mol. The van der Waals surface area contributed by atoms with Crippen molar-refractivity contribution in [2.75, 3.05) is 13.7 Å². The topological polar surface area (TPSA) is 18.5 Å². The van der Waals surface area contributed by atoms with Gasteiger partial charge in [0.25, 0.3) is 0 Å². The molecule has 2 atom stereocenters. The van der Waals surface area contributed by atoms with E-state index in [0.717, 1.165) is 6.07 Å². The van der Waals surface area contributed by atoms with Gasteiger partial charge in [0.15, 0.2) is 11.6 Å². The van der Waals surface area contributed by atoms with Gasteiger partial charge in [-0.1, -0.05) is 13.0 Å². The van der Waals surface area contributed by atoms with Crippen molar-refractivity contribution in [2.45, 2.75) is 32.3 Å². The lowest BCUT2D eigenvalue weighted by molar-refractivity contribution is 0.0153. The molecule has 1 aliphatic rings. The second-order valence-electron chi connectivity index (χ2n) is 5.29. The Morgan fingerprint density at radius 3 is 2.50 bits per heavy atom. The van der Waals surface area contributed by atoms with E-state index in [1.54, 1.807) is 6.07 Å². The molecule has 0 aromatic heterocycles. The Morgan fingerprint density at radius 2 is 2.00 bits per heavy atom. The highest BCUT2D eigenvalue weighted by Crippen LogP contribution is 2.45. The van der Waals surface area contributed by atoms with Crippen LogP contribution in [0.5, 0.6) is 5.75 Å². The number of ether oxygens (including phenoxy) is 2. The van der Waals surface area contributed by atoms with Gasteiger partial charge in [0, 0.05) is 11.5 Å². The maximum absolute atomic E-state index is 13.7. The zero-order valence-electron chi connectivity index (χ0n) is 11.1. The third-order valence-electron chi connectivity index (χ3n) is 4.02. The number of hydrogen-bond donors (Lipinski definition) is 0. The monoisotopic (exact) mass is 256 g/mol. The summed E-state index contributed by atoms with van der Waals surface area (Å²) in [4.78, 5) is 0. The van der Waals surface area contributed by atoms with E-state index in [9.17, 15) is 8.78 Å². The molecule has 1 aliphatic heterocycles. The Labute approximate surface area is 106 Å². The summed E-state index contributed by atoms with van der Waals surface area (Å²) < 4.78 is 37.6. The third kappa shape index (κ3) is 1.99. The fourth-order valence-electron chi connectivity index (χ4n) is 2.47. The highest BCUT2D eigenvalue weighted by Gasteiger charge is 2.42. The maximum atomic E-state index is 13.7. The van der Waals surface area contributed by atoms with E-state index in [0.29, 0.717) is 12.2 Å². The molecule has 1 saturated heterocycles. The van der Waals surface area contributed by atoms with Crippen molar-refractivity contribution in [3.8, 4) is 5.75 Å². The normalized spacial score (nSPS) is 26.3. The van der Waals surface area contributed by atoms with Crippen molar-refractivity contribution in [3.63, 3.8) is 0 Å². The molecule has 0 spiro atoms. The molecule has 2 unspecified atom stereocenters. The van der Waals surface area contributed by atoms with Gasteiger partial charge in [0.1, 0.15) is 0 Å². The first-order valence-corrected chi connectivity index (χ1v) is 6.04. The summed E-state index contributed by atoms with van der Waals surface area (Å²) >= 11 is 0. The van der Waals surface area contributed by atoms with E-state index >= 15 is 0 Å². The Kier molecular flexibility index (Phi) is 3.32. The van der Waals surface area contributed by atoms with E-state index in [-0.39, 0.29) is 23.2 Å². The number of halogens is 2. The van der Waals surface area contributed by atoms with Crippen molar-refractivity contribution >= 4 is 0 Å². The van der Waals surface area contributed by atoms with Crippen LogP contribution < -0.4 is 4.74 Å². The summed E-state index contributed by atoms with van der Waals surface area (Å²) in [5.74, 6) is -1.59. The molecule has 4 heteroatoms. The van der Waals surface area contributed by atoms with Gasteiger partial charge in [-0.15, -0.1) is 0 Å². The van der Waals surface area contributed by atoms with Crippen molar-refractivity contribution in [2.24, 2.45) is 5.92 Å². The molecule has 0 saturated carbocycles. The summed E-state index contributed by atoms with van der Waals surface area (Å²) in [7, 11) is 1.35. The van der Waals surface area contributed by atoms with Gasteiger partial charge < -0.3 is 9.47 Å². The lowest BCUT2D eigenvalue weighted by atomic mass is 9.81. The SMILES string of the molecule is COc1c(C2COC(C)(C)C2C)ccc(F)c1F. The van der Waals surface area contributed by atoms with Crippen molar-refractivity contribution in [3.05, 3.63) is 29.3 Å². The minimum absolute atomic E-state index is 0.00634. The molecule has 0 radical (unpaired) electrons. The van der Waals surface area contributed by atoms with Crippen LogP contribution in [0.15, 0.2) is 12.1 Å². The van der Waals surface area contributed by atoms with Crippen molar-refractivity contribution < 1.29 is 18.3 Å². The van der Waals surface area contributed by atoms with E-state index in [2.05, 4.69) is 6.92 Å². The van der Waals surface area contributed by atoms with Gasteiger partial charge in [0.2, 0.25) is 5.82 Å². The van der Waals surface area contributed by atoms with E-state index in [1.165, 1.54) is 7.11 Å². The minimum Gasteiger partial charge on any atom is -0.493 e. The Morgan fingerprint density at radius 1 is 1.33 bits per heavy atom. The van der Waals surface area contributed by atoms with Crippen molar-refractivity contribution in [1.29, 1.82) is 0 Å². The average molecular weight is 256 g/mol. The molecule has 18 heavy (non-hydrogen) atoms. The fourth-order valence-corrected chi connectivity index (χ4v) is 2.47. The molecule has 2 nitrogen and oxygen atoms in total. The molecule has 0 aliphatic carbocycles. The molecule has 0 N–H and O–H groups in total. The van der Waals surface area contributed by atoms with Gasteiger partial charge >= 0.3 is 0 Å².